The summed E-state index contributed by atoms with van der Waals surface area (Å²) in [6.07, 6.45) is 0.836. The summed E-state index contributed by atoms with van der Waals surface area (Å²) >= 11 is 6.13. The first-order chi connectivity index (χ1) is 19.0. The normalized spacial score (nSPS) is 19.8. The van der Waals surface area contributed by atoms with Crippen molar-refractivity contribution in [2.24, 2.45) is 0 Å². The summed E-state index contributed by atoms with van der Waals surface area (Å²) in [7, 11) is 1.37. The van der Waals surface area contributed by atoms with Gasteiger partial charge in [0.05, 0.1) is 25.4 Å². The van der Waals surface area contributed by atoms with E-state index in [9.17, 15) is 9.59 Å². The number of hydrogen-bond acceptors (Lipinski definition) is 5. The van der Waals surface area contributed by atoms with E-state index in [2.05, 4.69) is 22.3 Å². The highest BCUT2D eigenvalue weighted by atomic mass is 35.5. The first-order valence-electron chi connectivity index (χ1n) is 13.4. The van der Waals surface area contributed by atoms with Crippen molar-refractivity contribution >= 4 is 23.6 Å². The Labute approximate surface area is 234 Å². The molecule has 7 nitrogen and oxygen atoms in total. The molecule has 39 heavy (non-hydrogen) atoms. The molecule has 1 saturated heterocycles. The number of ether oxygens (including phenoxy) is 2. The van der Waals surface area contributed by atoms with Gasteiger partial charge in [-0.3, -0.25) is 4.90 Å². The SMILES string of the molecule is COC(=O)c1ccc(COC(CN2CCN(C(=O)NC3C[C@H]3c3ccccc3)CC2)c2ccc(Cl)cc2)cc1. The number of benzene rings is 3. The highest BCUT2D eigenvalue weighted by molar-refractivity contribution is 6.30. The van der Waals surface area contributed by atoms with E-state index in [4.69, 9.17) is 21.1 Å². The third kappa shape index (κ3) is 7.18. The zero-order valence-corrected chi connectivity index (χ0v) is 22.8. The van der Waals surface area contributed by atoms with Gasteiger partial charge in [-0.25, -0.2) is 9.59 Å². The summed E-state index contributed by atoms with van der Waals surface area (Å²) < 4.78 is 11.2. The molecular formula is C31H34ClN3O4. The summed E-state index contributed by atoms with van der Waals surface area (Å²) in [4.78, 5) is 28.9. The number of rotatable bonds is 9. The molecule has 2 unspecified atom stereocenters. The zero-order valence-electron chi connectivity index (χ0n) is 22.1. The summed E-state index contributed by atoms with van der Waals surface area (Å²) in [5.41, 5.74) is 3.82. The lowest BCUT2D eigenvalue weighted by Crippen LogP contribution is -2.52. The molecule has 1 N–H and O–H groups in total. The predicted molar refractivity (Wildman–Crippen MR) is 151 cm³/mol. The minimum absolute atomic E-state index is 0.0268. The molecule has 3 aromatic rings. The van der Waals surface area contributed by atoms with Crippen molar-refractivity contribution in [2.75, 3.05) is 39.8 Å². The lowest BCUT2D eigenvalue weighted by Gasteiger charge is -2.36. The number of methoxy groups -OCH3 is 1. The number of urea groups is 1. The Morgan fingerprint density at radius 2 is 1.64 bits per heavy atom. The van der Waals surface area contributed by atoms with E-state index in [0.29, 0.717) is 42.7 Å². The molecule has 5 rings (SSSR count). The number of nitrogens with one attached hydrogen (secondary N) is 1. The summed E-state index contributed by atoms with van der Waals surface area (Å²) in [5.74, 6) is 0.0628. The fourth-order valence-electron chi connectivity index (χ4n) is 5.02. The number of nitrogens with zero attached hydrogens (tertiary/aromatic N) is 2. The predicted octanol–water partition coefficient (Wildman–Crippen LogP) is 5.27. The van der Waals surface area contributed by atoms with Crippen LogP contribution in [0, 0.1) is 0 Å². The van der Waals surface area contributed by atoms with Crippen LogP contribution < -0.4 is 5.32 Å². The van der Waals surface area contributed by atoms with Crippen LogP contribution in [0.5, 0.6) is 0 Å². The molecule has 8 heteroatoms. The lowest BCUT2D eigenvalue weighted by atomic mass is 10.1. The molecule has 0 bridgehead atoms. The fourth-order valence-corrected chi connectivity index (χ4v) is 5.15. The number of hydrogen-bond donors (Lipinski definition) is 1. The molecule has 0 spiro atoms. The maximum absolute atomic E-state index is 12.9. The maximum atomic E-state index is 12.9. The Morgan fingerprint density at radius 1 is 0.949 bits per heavy atom. The molecule has 2 fully saturated rings. The largest absolute Gasteiger partial charge is 0.465 e. The van der Waals surface area contributed by atoms with E-state index in [1.165, 1.54) is 12.7 Å². The quantitative estimate of drug-likeness (QED) is 0.370. The highest BCUT2D eigenvalue weighted by Crippen LogP contribution is 2.40. The molecular weight excluding hydrogens is 514 g/mol. The topological polar surface area (TPSA) is 71.1 Å². The van der Waals surface area contributed by atoms with Gasteiger partial charge in [0.2, 0.25) is 0 Å². The monoisotopic (exact) mass is 547 g/mol. The molecule has 1 aliphatic heterocycles. The number of esters is 1. The number of amides is 2. The molecule has 1 heterocycles. The Hall–Kier alpha value is -3.39. The van der Waals surface area contributed by atoms with Crippen molar-refractivity contribution < 1.29 is 19.1 Å². The van der Waals surface area contributed by atoms with Crippen molar-refractivity contribution in [2.45, 2.75) is 31.1 Å². The van der Waals surface area contributed by atoms with Gasteiger partial charge >= 0.3 is 12.0 Å². The van der Waals surface area contributed by atoms with Crippen LogP contribution in [-0.2, 0) is 16.1 Å². The molecule has 0 aromatic heterocycles. The van der Waals surface area contributed by atoms with E-state index in [-0.39, 0.29) is 24.1 Å². The van der Waals surface area contributed by atoms with Gasteiger partial charge in [-0.1, -0.05) is 66.2 Å². The lowest BCUT2D eigenvalue weighted by molar-refractivity contribution is 0.00554. The molecule has 2 amide bonds. The van der Waals surface area contributed by atoms with Crippen LogP contribution >= 0.6 is 11.6 Å². The Balaban J connectivity index is 1.13. The fraction of sp³-hybridized carbons (Fsp3) is 0.355. The standard InChI is InChI=1S/C31H34ClN3O4/c1-38-30(36)25-9-7-22(8-10-25)21-39-29(24-11-13-26(32)14-12-24)20-34-15-17-35(18-16-34)31(37)33-28-19-27(28)23-5-3-2-4-6-23/h2-14,27-29H,15-21H2,1H3,(H,33,37)/t27-,28?,29?/m0/s1. The molecule has 204 valence electrons. The first-order valence-corrected chi connectivity index (χ1v) is 13.7. The van der Waals surface area contributed by atoms with E-state index in [1.807, 2.05) is 59.5 Å². The second-order valence-corrected chi connectivity index (χ2v) is 10.6. The first kappa shape index (κ1) is 27.2. The molecule has 3 aromatic carbocycles. The molecule has 1 saturated carbocycles. The second-order valence-electron chi connectivity index (χ2n) is 10.1. The van der Waals surface area contributed by atoms with Crippen molar-refractivity contribution in [3.8, 4) is 0 Å². The van der Waals surface area contributed by atoms with Crippen LogP contribution in [0.1, 0.15) is 45.5 Å². The Morgan fingerprint density at radius 3 is 2.31 bits per heavy atom. The van der Waals surface area contributed by atoms with Crippen LogP contribution in [-0.4, -0.2) is 67.7 Å². The number of piperazine rings is 1. The van der Waals surface area contributed by atoms with Crippen LogP contribution in [0.2, 0.25) is 5.02 Å². The van der Waals surface area contributed by atoms with Crippen molar-refractivity contribution in [1.29, 1.82) is 0 Å². The van der Waals surface area contributed by atoms with Crippen LogP contribution in [0.15, 0.2) is 78.9 Å². The summed E-state index contributed by atoms with van der Waals surface area (Å²) in [5, 5.41) is 3.90. The van der Waals surface area contributed by atoms with Crippen LogP contribution in [0.4, 0.5) is 4.79 Å². The van der Waals surface area contributed by atoms with Gasteiger partial charge in [-0.15, -0.1) is 0 Å². The summed E-state index contributed by atoms with van der Waals surface area (Å²) in [6, 6.07) is 25.6. The van der Waals surface area contributed by atoms with Crippen molar-refractivity contribution in [3.05, 3.63) is 106 Å². The number of carbonyl (C=O) groups is 2. The molecule has 2 aliphatic rings. The third-order valence-electron chi connectivity index (χ3n) is 7.48. The van der Waals surface area contributed by atoms with Gasteiger partial charge in [0.15, 0.2) is 0 Å². The highest BCUT2D eigenvalue weighted by Gasteiger charge is 2.40. The van der Waals surface area contributed by atoms with Gasteiger partial charge in [-0.2, -0.15) is 0 Å². The average Bonchev–Trinajstić information content (AvgIpc) is 3.75. The van der Waals surface area contributed by atoms with E-state index < -0.39 is 0 Å². The second kappa shape index (κ2) is 12.6. The Kier molecular flexibility index (Phi) is 8.81. The van der Waals surface area contributed by atoms with Gasteiger partial charge in [0, 0.05) is 49.7 Å². The number of carbonyl (C=O) groups excluding carboxylic acids is 2. The Bertz CT molecular complexity index is 1250. The van der Waals surface area contributed by atoms with Gasteiger partial charge in [0.1, 0.15) is 0 Å². The third-order valence-corrected chi connectivity index (χ3v) is 7.73. The van der Waals surface area contributed by atoms with Crippen molar-refractivity contribution in [1.82, 2.24) is 15.1 Å². The smallest absolute Gasteiger partial charge is 0.337 e. The van der Waals surface area contributed by atoms with E-state index in [1.54, 1.807) is 12.1 Å². The van der Waals surface area contributed by atoms with Crippen LogP contribution in [0.3, 0.4) is 0 Å². The average molecular weight is 548 g/mol. The summed E-state index contributed by atoms with van der Waals surface area (Å²) in [6.45, 7) is 4.02. The van der Waals surface area contributed by atoms with Gasteiger partial charge in [0.25, 0.3) is 0 Å². The minimum atomic E-state index is -0.359. The molecule has 0 radical (unpaired) electrons. The van der Waals surface area contributed by atoms with E-state index in [0.717, 1.165) is 30.6 Å². The minimum Gasteiger partial charge on any atom is -0.465 e. The van der Waals surface area contributed by atoms with Gasteiger partial charge < -0.3 is 19.7 Å². The maximum Gasteiger partial charge on any atom is 0.337 e. The molecule has 3 atom stereocenters. The van der Waals surface area contributed by atoms with Crippen molar-refractivity contribution in [3.63, 3.8) is 0 Å². The van der Waals surface area contributed by atoms with Crippen LogP contribution in [0.25, 0.3) is 0 Å². The number of halogens is 1. The zero-order chi connectivity index (χ0) is 27.2. The van der Waals surface area contributed by atoms with Gasteiger partial charge in [-0.05, 0) is 47.4 Å². The molecule has 1 aliphatic carbocycles. The van der Waals surface area contributed by atoms with E-state index >= 15 is 0 Å².